The molecule has 1 atom stereocenters. The van der Waals surface area contributed by atoms with Gasteiger partial charge in [-0.1, -0.05) is 11.6 Å². The van der Waals surface area contributed by atoms with Crippen molar-refractivity contribution in [3.05, 3.63) is 31.2 Å². The highest BCUT2D eigenvalue weighted by Crippen LogP contribution is 2.42. The Morgan fingerprint density at radius 2 is 2.25 bits per heavy atom. The van der Waals surface area contributed by atoms with Crippen LogP contribution in [0.1, 0.15) is 11.6 Å². The molecule has 0 fully saturated rings. The molecule has 0 unspecified atom stereocenters. The van der Waals surface area contributed by atoms with Crippen LogP contribution in [0.5, 0.6) is 5.75 Å². The molecule has 0 saturated carbocycles. The second-order valence-corrected chi connectivity index (χ2v) is 4.18. The van der Waals surface area contributed by atoms with E-state index in [4.69, 9.17) is 22.4 Å². The normalized spacial score (nSPS) is 12.5. The van der Waals surface area contributed by atoms with Crippen LogP contribution in [0, 0.1) is 10.1 Å². The Morgan fingerprint density at radius 3 is 2.69 bits per heavy atom. The second-order valence-electron chi connectivity index (χ2n) is 3.01. The van der Waals surface area contributed by atoms with Gasteiger partial charge in [-0.2, -0.15) is 0 Å². The molecule has 1 aromatic carbocycles. The molecule has 1 aromatic rings. The maximum atomic E-state index is 10.7. The quantitative estimate of drug-likeness (QED) is 0.581. The maximum Gasteiger partial charge on any atom is 0.285 e. The number of nitrogens with two attached hydrogens (primary N) is 1. The van der Waals surface area contributed by atoms with Crippen LogP contribution < -0.4 is 5.73 Å². The van der Waals surface area contributed by atoms with Crippen molar-refractivity contribution >= 4 is 33.2 Å². The average molecular weight is 312 g/mol. The summed E-state index contributed by atoms with van der Waals surface area (Å²) < 4.78 is -0.0226. The molecule has 0 aromatic heterocycles. The number of hydrogen-bond acceptors (Lipinski definition) is 5. The van der Waals surface area contributed by atoms with Gasteiger partial charge in [0.2, 0.25) is 0 Å². The Bertz CT molecular complexity index is 441. The number of benzene rings is 1. The lowest BCUT2D eigenvalue weighted by Gasteiger charge is -2.12. The molecular weight excluding hydrogens is 303 g/mol. The number of nitro groups is 1. The van der Waals surface area contributed by atoms with Gasteiger partial charge < -0.3 is 15.9 Å². The van der Waals surface area contributed by atoms with Gasteiger partial charge >= 0.3 is 0 Å². The first-order valence-corrected chi connectivity index (χ1v) is 5.29. The van der Waals surface area contributed by atoms with Crippen LogP contribution in [0.2, 0.25) is 5.02 Å². The van der Waals surface area contributed by atoms with Gasteiger partial charge in [-0.3, -0.25) is 10.1 Å². The van der Waals surface area contributed by atoms with E-state index >= 15 is 0 Å². The van der Waals surface area contributed by atoms with Gasteiger partial charge in [-0.25, -0.2) is 0 Å². The lowest BCUT2D eigenvalue weighted by atomic mass is 10.1. The molecule has 88 valence electrons. The molecule has 0 saturated heterocycles. The zero-order valence-corrected chi connectivity index (χ0v) is 10.2. The molecule has 4 N–H and O–H groups in total. The Balaban J connectivity index is 3.47. The monoisotopic (exact) mass is 310 g/mol. The summed E-state index contributed by atoms with van der Waals surface area (Å²) in [6.07, 6.45) is 0. The van der Waals surface area contributed by atoms with Gasteiger partial charge in [0.15, 0.2) is 0 Å². The topological polar surface area (TPSA) is 110 Å². The molecule has 1 rings (SSSR count). The molecule has 0 aliphatic rings. The first-order valence-electron chi connectivity index (χ1n) is 4.11. The van der Waals surface area contributed by atoms with Crippen LogP contribution >= 0.6 is 27.5 Å². The number of rotatable bonds is 3. The van der Waals surface area contributed by atoms with Gasteiger partial charge in [0, 0.05) is 11.6 Å². The molecule has 0 amide bonds. The van der Waals surface area contributed by atoms with Gasteiger partial charge in [0.05, 0.1) is 17.6 Å². The first kappa shape index (κ1) is 13.2. The summed E-state index contributed by atoms with van der Waals surface area (Å²) in [4.78, 5) is 10.0. The predicted octanol–water partition coefficient (Wildman–Crippen LogP) is 1.71. The number of aromatic hydroxyl groups is 1. The molecule has 6 nitrogen and oxygen atoms in total. The summed E-state index contributed by atoms with van der Waals surface area (Å²) in [5.74, 6) is -0.374. The fraction of sp³-hybridized carbons (Fsp3) is 0.250. The van der Waals surface area contributed by atoms with Crippen LogP contribution in [0.4, 0.5) is 5.69 Å². The third-order valence-electron chi connectivity index (χ3n) is 1.98. The van der Waals surface area contributed by atoms with Crippen LogP contribution in [-0.2, 0) is 0 Å². The fourth-order valence-corrected chi connectivity index (χ4v) is 1.79. The zero-order chi connectivity index (χ0) is 12.5. The summed E-state index contributed by atoms with van der Waals surface area (Å²) in [6, 6.07) is 0.149. The molecule has 0 aliphatic carbocycles. The lowest BCUT2D eigenvalue weighted by molar-refractivity contribution is -0.385. The summed E-state index contributed by atoms with van der Waals surface area (Å²) >= 11 is 8.59. The predicted molar refractivity (Wildman–Crippen MR) is 61.5 cm³/mol. The molecule has 8 heteroatoms. The zero-order valence-electron chi connectivity index (χ0n) is 7.85. The summed E-state index contributed by atoms with van der Waals surface area (Å²) in [5.41, 5.74) is 5.19. The van der Waals surface area contributed by atoms with Crippen LogP contribution in [0.25, 0.3) is 0 Å². The van der Waals surface area contributed by atoms with E-state index < -0.39 is 17.6 Å². The minimum Gasteiger partial charge on any atom is -0.506 e. The highest BCUT2D eigenvalue weighted by molar-refractivity contribution is 9.10. The largest absolute Gasteiger partial charge is 0.506 e. The summed E-state index contributed by atoms with van der Waals surface area (Å²) in [7, 11) is 0. The third kappa shape index (κ3) is 2.27. The molecule has 0 bridgehead atoms. The van der Waals surface area contributed by atoms with Crippen molar-refractivity contribution in [3.8, 4) is 5.75 Å². The minimum atomic E-state index is -0.927. The average Bonchev–Trinajstić information content (AvgIpc) is 2.25. The van der Waals surface area contributed by atoms with Crippen molar-refractivity contribution < 1.29 is 15.1 Å². The van der Waals surface area contributed by atoms with Gasteiger partial charge in [-0.05, 0) is 15.9 Å². The Hall–Kier alpha value is -0.890. The Kier molecular flexibility index (Phi) is 4.09. The van der Waals surface area contributed by atoms with E-state index in [9.17, 15) is 15.2 Å². The number of aliphatic hydroxyl groups is 1. The summed E-state index contributed by atoms with van der Waals surface area (Å²) in [5, 5.41) is 28.9. The number of aliphatic hydroxyl groups excluding tert-OH is 1. The van der Waals surface area contributed by atoms with Crippen LogP contribution in [0.3, 0.4) is 0 Å². The van der Waals surface area contributed by atoms with E-state index in [1.807, 2.05) is 0 Å². The van der Waals surface area contributed by atoms with E-state index in [0.717, 1.165) is 6.07 Å². The van der Waals surface area contributed by atoms with Crippen LogP contribution in [-0.4, -0.2) is 21.7 Å². The molecule has 0 spiro atoms. The van der Waals surface area contributed by atoms with E-state index in [0.29, 0.717) is 0 Å². The van der Waals surface area contributed by atoms with Crippen molar-refractivity contribution in [1.29, 1.82) is 0 Å². The van der Waals surface area contributed by atoms with E-state index in [1.165, 1.54) is 0 Å². The number of nitrogens with zero attached hydrogens (tertiary/aromatic N) is 1. The first-order chi connectivity index (χ1) is 7.40. The van der Waals surface area contributed by atoms with E-state index in [2.05, 4.69) is 15.9 Å². The molecule has 0 heterocycles. The van der Waals surface area contributed by atoms with E-state index in [-0.39, 0.29) is 26.5 Å². The third-order valence-corrected chi connectivity index (χ3v) is 3.38. The highest BCUT2D eigenvalue weighted by Gasteiger charge is 2.24. The fourth-order valence-electron chi connectivity index (χ4n) is 1.14. The number of nitro benzene ring substituents is 1. The number of halogens is 2. The SMILES string of the molecule is N[C@H](CO)c1cc([N+](=O)[O-])c(Br)c(Cl)c1O. The molecule has 0 aliphatic heterocycles. The maximum absolute atomic E-state index is 10.7. The standard InChI is InChI=1S/C8H8BrClN2O4/c9-6-5(12(15)16)1-3(4(11)2-13)8(14)7(6)10/h1,4,13-14H,2,11H2/t4-/m1/s1. The molecule has 16 heavy (non-hydrogen) atoms. The number of phenols is 1. The highest BCUT2D eigenvalue weighted by atomic mass is 79.9. The summed E-state index contributed by atoms with van der Waals surface area (Å²) in [6.45, 7) is -0.456. The van der Waals surface area contributed by atoms with Crippen molar-refractivity contribution in [2.45, 2.75) is 6.04 Å². The van der Waals surface area contributed by atoms with Gasteiger partial charge in [0.25, 0.3) is 5.69 Å². The molecule has 0 radical (unpaired) electrons. The van der Waals surface area contributed by atoms with E-state index in [1.54, 1.807) is 0 Å². The minimum absolute atomic E-state index is 0.0226. The van der Waals surface area contributed by atoms with Crippen LogP contribution in [0.15, 0.2) is 10.5 Å². The second kappa shape index (κ2) is 4.96. The number of hydrogen-bond donors (Lipinski definition) is 3. The van der Waals surface area contributed by atoms with Gasteiger partial charge in [0.1, 0.15) is 15.2 Å². The lowest BCUT2D eigenvalue weighted by Crippen LogP contribution is -2.15. The Labute approximate surface area is 104 Å². The van der Waals surface area contributed by atoms with Crippen molar-refractivity contribution in [3.63, 3.8) is 0 Å². The van der Waals surface area contributed by atoms with Crippen molar-refractivity contribution in [2.24, 2.45) is 5.73 Å². The van der Waals surface area contributed by atoms with Crippen molar-refractivity contribution in [1.82, 2.24) is 0 Å². The van der Waals surface area contributed by atoms with Gasteiger partial charge in [-0.15, -0.1) is 0 Å². The Morgan fingerprint density at radius 1 is 1.69 bits per heavy atom. The smallest absolute Gasteiger partial charge is 0.285 e. The van der Waals surface area contributed by atoms with Crippen molar-refractivity contribution in [2.75, 3.05) is 6.61 Å². The number of phenolic OH excluding ortho intramolecular Hbond substituents is 1. The molecular formula is C8H8BrClN2O4.